The molecule has 3 saturated heterocycles. The molecule has 28 heavy (non-hydrogen) atoms. The van der Waals surface area contributed by atoms with E-state index < -0.39 is 0 Å². The Labute approximate surface area is 173 Å². The fourth-order valence-electron chi connectivity index (χ4n) is 4.85. The first kappa shape index (κ1) is 20.9. The second-order valence-corrected chi connectivity index (χ2v) is 8.24. The number of benzene rings is 1. The lowest BCUT2D eigenvalue weighted by atomic mass is 9.97. The van der Waals surface area contributed by atoms with Crippen molar-refractivity contribution in [3.63, 3.8) is 0 Å². The molecule has 3 aliphatic heterocycles. The van der Waals surface area contributed by atoms with Gasteiger partial charge in [-0.15, -0.1) is 12.4 Å². The maximum atomic E-state index is 13.0. The van der Waals surface area contributed by atoms with Gasteiger partial charge in [0.25, 0.3) is 0 Å². The highest BCUT2D eigenvalue weighted by atomic mass is 35.5. The van der Waals surface area contributed by atoms with E-state index in [0.717, 1.165) is 24.2 Å². The number of carbonyl (C=O) groups is 2. The van der Waals surface area contributed by atoms with Crippen LogP contribution in [0.3, 0.4) is 0 Å². The van der Waals surface area contributed by atoms with Crippen LogP contribution in [0.15, 0.2) is 24.3 Å². The number of nitrogens with one attached hydrogen (secondary N) is 1. The predicted molar refractivity (Wildman–Crippen MR) is 110 cm³/mol. The standard InChI is InChI=1S/C21H29N3O3.ClH/c1-23(18-10-16-5-6-17(11-18)22-16)21(26)15-9-20(25)24(13-15)12-14-3-7-19(27-2)8-4-14;/h3-4,7-8,15-18,22H,5-6,9-13H2,1-2H3;1H. The van der Waals surface area contributed by atoms with Crippen LogP contribution in [0.25, 0.3) is 0 Å². The van der Waals surface area contributed by atoms with Crippen LogP contribution in [0.5, 0.6) is 5.75 Å². The minimum Gasteiger partial charge on any atom is -0.497 e. The molecule has 2 amide bonds. The van der Waals surface area contributed by atoms with E-state index >= 15 is 0 Å². The normalized spacial score (nSPS) is 28.8. The summed E-state index contributed by atoms with van der Waals surface area (Å²) in [5.41, 5.74) is 1.06. The van der Waals surface area contributed by atoms with Gasteiger partial charge in [0.05, 0.1) is 13.0 Å². The molecule has 0 aromatic heterocycles. The highest BCUT2D eigenvalue weighted by Crippen LogP contribution is 2.31. The number of likely N-dealkylation sites (tertiary alicyclic amines) is 1. The Hall–Kier alpha value is -1.79. The van der Waals surface area contributed by atoms with Gasteiger partial charge in [0.1, 0.15) is 5.75 Å². The summed E-state index contributed by atoms with van der Waals surface area (Å²) >= 11 is 0. The maximum Gasteiger partial charge on any atom is 0.227 e. The fraction of sp³-hybridized carbons (Fsp3) is 0.619. The van der Waals surface area contributed by atoms with Gasteiger partial charge in [0, 0.05) is 44.7 Å². The van der Waals surface area contributed by atoms with Crippen molar-refractivity contribution in [2.24, 2.45) is 5.92 Å². The zero-order valence-corrected chi connectivity index (χ0v) is 17.4. The summed E-state index contributed by atoms with van der Waals surface area (Å²) in [5.74, 6) is 0.792. The number of halogens is 1. The van der Waals surface area contributed by atoms with Crippen LogP contribution in [0.4, 0.5) is 0 Å². The topological polar surface area (TPSA) is 61.9 Å². The SMILES string of the molecule is COc1ccc(CN2CC(C(=O)N(C)C3CC4CCC(C3)N4)CC2=O)cc1.Cl. The van der Waals surface area contributed by atoms with E-state index in [1.165, 1.54) is 12.8 Å². The van der Waals surface area contributed by atoms with E-state index in [4.69, 9.17) is 4.74 Å². The lowest BCUT2D eigenvalue weighted by Crippen LogP contribution is -2.50. The van der Waals surface area contributed by atoms with E-state index in [0.29, 0.717) is 37.6 Å². The number of fused-ring (bicyclic) bond motifs is 2. The quantitative estimate of drug-likeness (QED) is 0.812. The molecule has 1 aromatic carbocycles. The van der Waals surface area contributed by atoms with Crippen LogP contribution in [-0.4, -0.2) is 60.4 Å². The molecule has 0 radical (unpaired) electrons. The van der Waals surface area contributed by atoms with Gasteiger partial charge in [0.15, 0.2) is 0 Å². The van der Waals surface area contributed by atoms with Gasteiger partial charge < -0.3 is 19.9 Å². The number of hydrogen-bond acceptors (Lipinski definition) is 4. The second kappa shape index (κ2) is 8.70. The molecule has 1 aromatic rings. The first-order valence-electron chi connectivity index (χ1n) is 9.97. The Morgan fingerprint density at radius 3 is 2.46 bits per heavy atom. The molecule has 2 bridgehead atoms. The van der Waals surface area contributed by atoms with Crippen molar-refractivity contribution in [1.29, 1.82) is 0 Å². The van der Waals surface area contributed by atoms with Crippen molar-refractivity contribution in [2.45, 2.75) is 56.8 Å². The first-order chi connectivity index (χ1) is 13.0. The van der Waals surface area contributed by atoms with Crippen molar-refractivity contribution in [1.82, 2.24) is 15.1 Å². The summed E-state index contributed by atoms with van der Waals surface area (Å²) < 4.78 is 5.18. The molecule has 6 nitrogen and oxygen atoms in total. The number of hydrogen-bond donors (Lipinski definition) is 1. The Morgan fingerprint density at radius 2 is 1.86 bits per heavy atom. The van der Waals surface area contributed by atoms with Crippen molar-refractivity contribution in [3.8, 4) is 5.75 Å². The van der Waals surface area contributed by atoms with Crippen LogP contribution in [0.1, 0.15) is 37.7 Å². The monoisotopic (exact) mass is 407 g/mol. The molecular weight excluding hydrogens is 378 g/mol. The summed E-state index contributed by atoms with van der Waals surface area (Å²) in [6.07, 6.45) is 4.85. The van der Waals surface area contributed by atoms with Crippen molar-refractivity contribution in [3.05, 3.63) is 29.8 Å². The van der Waals surface area contributed by atoms with Gasteiger partial charge in [-0.25, -0.2) is 0 Å². The van der Waals surface area contributed by atoms with E-state index in [9.17, 15) is 9.59 Å². The summed E-state index contributed by atoms with van der Waals surface area (Å²) in [6.45, 7) is 1.07. The molecule has 3 fully saturated rings. The van der Waals surface area contributed by atoms with Gasteiger partial charge in [-0.3, -0.25) is 9.59 Å². The van der Waals surface area contributed by atoms with E-state index in [2.05, 4.69) is 5.32 Å². The number of piperidine rings is 1. The first-order valence-corrected chi connectivity index (χ1v) is 9.97. The molecule has 0 spiro atoms. The highest BCUT2D eigenvalue weighted by Gasteiger charge is 2.40. The third kappa shape index (κ3) is 4.28. The highest BCUT2D eigenvalue weighted by molar-refractivity contribution is 5.89. The third-order valence-electron chi connectivity index (χ3n) is 6.44. The fourth-order valence-corrected chi connectivity index (χ4v) is 4.85. The minimum absolute atomic E-state index is 0. The Morgan fingerprint density at radius 1 is 1.21 bits per heavy atom. The number of carbonyl (C=O) groups excluding carboxylic acids is 2. The Kier molecular flexibility index (Phi) is 6.50. The average molecular weight is 408 g/mol. The molecule has 154 valence electrons. The lowest BCUT2D eigenvalue weighted by Gasteiger charge is -2.36. The predicted octanol–water partition coefficient (Wildman–Crippen LogP) is 2.21. The van der Waals surface area contributed by atoms with Crippen LogP contribution in [-0.2, 0) is 16.1 Å². The molecular formula is C21H30ClN3O3. The molecule has 3 aliphatic rings. The number of ether oxygens (including phenoxy) is 1. The average Bonchev–Trinajstić information content (AvgIpc) is 3.22. The van der Waals surface area contributed by atoms with Crippen LogP contribution in [0, 0.1) is 5.92 Å². The molecule has 0 aliphatic carbocycles. The molecule has 3 unspecified atom stereocenters. The third-order valence-corrected chi connectivity index (χ3v) is 6.44. The molecule has 0 saturated carbocycles. The van der Waals surface area contributed by atoms with Gasteiger partial charge >= 0.3 is 0 Å². The minimum atomic E-state index is -0.215. The number of rotatable bonds is 5. The summed E-state index contributed by atoms with van der Waals surface area (Å²) in [6, 6.07) is 9.16. The Balaban J connectivity index is 0.00000225. The van der Waals surface area contributed by atoms with Crippen LogP contribution >= 0.6 is 12.4 Å². The zero-order chi connectivity index (χ0) is 19.0. The summed E-state index contributed by atoms with van der Waals surface area (Å²) in [7, 11) is 3.56. The number of amides is 2. The zero-order valence-electron chi connectivity index (χ0n) is 16.6. The largest absolute Gasteiger partial charge is 0.497 e. The van der Waals surface area contributed by atoms with Gasteiger partial charge in [-0.2, -0.15) is 0 Å². The molecule has 3 atom stereocenters. The number of nitrogens with zero attached hydrogens (tertiary/aromatic N) is 2. The van der Waals surface area contributed by atoms with Gasteiger partial charge in [-0.1, -0.05) is 12.1 Å². The molecule has 7 heteroatoms. The smallest absolute Gasteiger partial charge is 0.227 e. The van der Waals surface area contributed by atoms with Gasteiger partial charge in [-0.05, 0) is 43.4 Å². The van der Waals surface area contributed by atoms with E-state index in [-0.39, 0.29) is 30.1 Å². The van der Waals surface area contributed by atoms with E-state index in [1.807, 2.05) is 41.1 Å². The number of methoxy groups -OCH3 is 1. The van der Waals surface area contributed by atoms with Crippen LogP contribution < -0.4 is 10.1 Å². The van der Waals surface area contributed by atoms with Crippen molar-refractivity contribution in [2.75, 3.05) is 20.7 Å². The Bertz CT molecular complexity index is 699. The van der Waals surface area contributed by atoms with E-state index in [1.54, 1.807) is 7.11 Å². The van der Waals surface area contributed by atoms with Crippen molar-refractivity contribution >= 4 is 24.2 Å². The molecule has 1 N–H and O–H groups in total. The van der Waals surface area contributed by atoms with Crippen molar-refractivity contribution < 1.29 is 14.3 Å². The maximum absolute atomic E-state index is 13.0. The molecule has 3 heterocycles. The summed E-state index contributed by atoms with van der Waals surface area (Å²) in [4.78, 5) is 29.2. The van der Waals surface area contributed by atoms with Gasteiger partial charge in [0.2, 0.25) is 11.8 Å². The second-order valence-electron chi connectivity index (χ2n) is 8.24. The molecule has 4 rings (SSSR count). The lowest BCUT2D eigenvalue weighted by molar-refractivity contribution is -0.137. The summed E-state index contributed by atoms with van der Waals surface area (Å²) in [5, 5.41) is 3.62. The van der Waals surface area contributed by atoms with Crippen LogP contribution in [0.2, 0.25) is 0 Å².